The number of aromatic nitrogens is 2. The van der Waals surface area contributed by atoms with Crippen molar-refractivity contribution in [2.24, 2.45) is 4.99 Å². The average molecular weight is 423 g/mol. The van der Waals surface area contributed by atoms with Crippen molar-refractivity contribution in [3.8, 4) is 0 Å². The normalized spacial score (nSPS) is 24.8. The maximum absolute atomic E-state index is 13.2. The van der Waals surface area contributed by atoms with Crippen LogP contribution in [0.1, 0.15) is 55.5 Å². The first-order valence-electron chi connectivity index (χ1n) is 11.3. The van der Waals surface area contributed by atoms with Gasteiger partial charge in [0.05, 0.1) is 30.4 Å². The highest BCUT2D eigenvalue weighted by Gasteiger charge is 2.45. The SMILES string of the molecule is Cc1noc(C)c1CC(=O)N1CCCC2(C1)Nc1cccnc1NC2=NC1CCCC1. The molecule has 2 aliphatic heterocycles. The van der Waals surface area contributed by atoms with Crippen molar-refractivity contribution in [1.82, 2.24) is 15.0 Å². The monoisotopic (exact) mass is 422 g/mol. The molecule has 1 spiro atoms. The summed E-state index contributed by atoms with van der Waals surface area (Å²) in [5.74, 6) is 2.57. The minimum Gasteiger partial charge on any atom is -0.368 e. The second kappa shape index (κ2) is 7.98. The van der Waals surface area contributed by atoms with E-state index in [1.165, 1.54) is 12.8 Å². The first-order chi connectivity index (χ1) is 15.0. The summed E-state index contributed by atoms with van der Waals surface area (Å²) in [6.07, 6.45) is 8.68. The maximum Gasteiger partial charge on any atom is 0.227 e. The van der Waals surface area contributed by atoms with E-state index in [1.54, 1.807) is 6.20 Å². The molecule has 3 aliphatic rings. The van der Waals surface area contributed by atoms with Crippen molar-refractivity contribution in [2.45, 2.75) is 70.4 Å². The molecule has 1 aliphatic carbocycles. The number of anilines is 2. The molecule has 8 nitrogen and oxygen atoms in total. The van der Waals surface area contributed by atoms with Gasteiger partial charge in [0.1, 0.15) is 17.1 Å². The number of hydrogen-bond donors (Lipinski definition) is 2. The van der Waals surface area contributed by atoms with Crippen LogP contribution in [0.3, 0.4) is 0 Å². The average Bonchev–Trinajstić information content (AvgIpc) is 3.40. The van der Waals surface area contributed by atoms with Gasteiger partial charge < -0.3 is 20.1 Å². The summed E-state index contributed by atoms with van der Waals surface area (Å²) in [5.41, 5.74) is 2.24. The number of amidine groups is 1. The number of pyridine rings is 1. The number of likely N-dealkylation sites (tertiary alicyclic amines) is 1. The molecular weight excluding hydrogens is 392 g/mol. The third kappa shape index (κ3) is 3.79. The maximum atomic E-state index is 13.2. The molecule has 31 heavy (non-hydrogen) atoms. The van der Waals surface area contributed by atoms with Gasteiger partial charge in [-0.15, -0.1) is 0 Å². The van der Waals surface area contributed by atoms with Gasteiger partial charge >= 0.3 is 0 Å². The van der Waals surface area contributed by atoms with E-state index in [4.69, 9.17) is 9.52 Å². The lowest BCUT2D eigenvalue weighted by atomic mass is 9.85. The highest BCUT2D eigenvalue weighted by Crippen LogP contribution is 2.36. The molecule has 0 radical (unpaired) electrons. The van der Waals surface area contributed by atoms with Crippen LogP contribution in [0.25, 0.3) is 0 Å². The van der Waals surface area contributed by atoms with Gasteiger partial charge in [0, 0.05) is 18.3 Å². The molecule has 2 fully saturated rings. The standard InChI is InChI=1S/C23H30N6O2/c1-15-18(16(2)31-28-15)13-20(30)29-12-6-10-23(14-29)22(25-17-7-3-4-8-17)26-21-19(27-23)9-5-11-24-21/h5,9,11,17,27H,3-4,6-8,10,12-14H2,1-2H3,(H,24,25,26). The van der Waals surface area contributed by atoms with Gasteiger partial charge in [-0.25, -0.2) is 4.98 Å². The van der Waals surface area contributed by atoms with Crippen LogP contribution in [0.15, 0.2) is 27.8 Å². The lowest BCUT2D eigenvalue weighted by Gasteiger charge is -2.47. The number of carbonyl (C=O) groups is 1. The van der Waals surface area contributed by atoms with Crippen LogP contribution in [-0.4, -0.2) is 51.5 Å². The van der Waals surface area contributed by atoms with E-state index < -0.39 is 5.54 Å². The number of carbonyl (C=O) groups excluding carboxylic acids is 1. The fraction of sp³-hybridized carbons (Fsp3) is 0.565. The second-order valence-electron chi connectivity index (χ2n) is 9.05. The number of aliphatic imine (C=N–C) groups is 1. The first kappa shape index (κ1) is 20.0. The first-order valence-corrected chi connectivity index (χ1v) is 11.3. The van der Waals surface area contributed by atoms with Crippen LogP contribution in [0.4, 0.5) is 11.5 Å². The second-order valence-corrected chi connectivity index (χ2v) is 9.05. The summed E-state index contributed by atoms with van der Waals surface area (Å²) < 4.78 is 5.25. The minimum atomic E-state index is -0.411. The summed E-state index contributed by atoms with van der Waals surface area (Å²) in [5, 5.41) is 11.2. The fourth-order valence-corrected chi connectivity index (χ4v) is 5.11. The van der Waals surface area contributed by atoms with Crippen LogP contribution in [0.2, 0.25) is 0 Å². The Morgan fingerprint density at radius 3 is 2.94 bits per heavy atom. The molecule has 2 N–H and O–H groups in total. The summed E-state index contributed by atoms with van der Waals surface area (Å²) in [4.78, 5) is 24.9. The fourth-order valence-electron chi connectivity index (χ4n) is 5.11. The number of piperidine rings is 1. The Morgan fingerprint density at radius 1 is 1.32 bits per heavy atom. The van der Waals surface area contributed by atoms with E-state index in [-0.39, 0.29) is 5.91 Å². The minimum absolute atomic E-state index is 0.104. The molecule has 1 amide bonds. The van der Waals surface area contributed by atoms with Crippen LogP contribution in [0, 0.1) is 13.8 Å². The Labute approximate surface area is 182 Å². The van der Waals surface area contributed by atoms with Crippen molar-refractivity contribution < 1.29 is 9.32 Å². The lowest BCUT2D eigenvalue weighted by Crippen LogP contribution is -2.63. The smallest absolute Gasteiger partial charge is 0.227 e. The number of nitrogens with one attached hydrogen (secondary N) is 2. The zero-order valence-corrected chi connectivity index (χ0v) is 18.3. The van der Waals surface area contributed by atoms with Crippen molar-refractivity contribution >= 4 is 23.2 Å². The molecule has 8 heteroatoms. The Balaban J connectivity index is 1.43. The van der Waals surface area contributed by atoms with Crippen molar-refractivity contribution in [1.29, 1.82) is 0 Å². The molecule has 5 rings (SSSR count). The van der Waals surface area contributed by atoms with Crippen LogP contribution in [0.5, 0.6) is 0 Å². The van der Waals surface area contributed by atoms with Gasteiger partial charge in [-0.1, -0.05) is 18.0 Å². The number of nitrogens with zero attached hydrogens (tertiary/aromatic N) is 4. The predicted molar refractivity (Wildman–Crippen MR) is 119 cm³/mol. The third-order valence-electron chi connectivity index (χ3n) is 6.86. The predicted octanol–water partition coefficient (Wildman–Crippen LogP) is 3.47. The van der Waals surface area contributed by atoms with E-state index in [1.807, 2.05) is 30.9 Å². The Kier molecular flexibility index (Phi) is 5.16. The molecule has 164 valence electrons. The van der Waals surface area contributed by atoms with Gasteiger partial charge in [0.25, 0.3) is 0 Å². The molecule has 0 bridgehead atoms. The number of hydrogen-bond acceptors (Lipinski definition) is 6. The number of amides is 1. The lowest BCUT2D eigenvalue weighted by molar-refractivity contribution is -0.131. The van der Waals surface area contributed by atoms with Gasteiger partial charge in [-0.05, 0) is 51.7 Å². The van der Waals surface area contributed by atoms with Crippen molar-refractivity contribution in [3.63, 3.8) is 0 Å². The quantitative estimate of drug-likeness (QED) is 0.786. The molecule has 2 aromatic rings. The Bertz CT molecular complexity index is 990. The summed E-state index contributed by atoms with van der Waals surface area (Å²) in [6.45, 7) is 5.09. The highest BCUT2D eigenvalue weighted by atomic mass is 16.5. The van der Waals surface area contributed by atoms with E-state index in [0.29, 0.717) is 19.0 Å². The molecular formula is C23H30N6O2. The zero-order chi connectivity index (χ0) is 21.4. The Hall–Kier alpha value is -2.90. The van der Waals surface area contributed by atoms with E-state index in [9.17, 15) is 4.79 Å². The summed E-state index contributed by atoms with van der Waals surface area (Å²) in [6, 6.07) is 4.32. The van der Waals surface area contributed by atoms with Crippen LogP contribution < -0.4 is 10.6 Å². The third-order valence-corrected chi connectivity index (χ3v) is 6.86. The molecule has 0 aromatic carbocycles. The molecule has 1 unspecified atom stereocenters. The topological polar surface area (TPSA) is 95.7 Å². The summed E-state index contributed by atoms with van der Waals surface area (Å²) in [7, 11) is 0. The molecule has 4 heterocycles. The van der Waals surface area contributed by atoms with Crippen LogP contribution >= 0.6 is 0 Å². The van der Waals surface area contributed by atoms with E-state index >= 15 is 0 Å². The number of aryl methyl sites for hydroxylation is 2. The van der Waals surface area contributed by atoms with Crippen LogP contribution in [-0.2, 0) is 11.2 Å². The van der Waals surface area contributed by atoms with Gasteiger partial charge in [-0.2, -0.15) is 0 Å². The molecule has 2 aromatic heterocycles. The molecule has 1 saturated carbocycles. The van der Waals surface area contributed by atoms with Crippen molar-refractivity contribution in [2.75, 3.05) is 23.7 Å². The van der Waals surface area contributed by atoms with Gasteiger partial charge in [0.2, 0.25) is 5.91 Å². The summed E-state index contributed by atoms with van der Waals surface area (Å²) >= 11 is 0. The van der Waals surface area contributed by atoms with E-state index in [0.717, 1.165) is 66.6 Å². The number of fused-ring (bicyclic) bond motifs is 1. The molecule has 1 saturated heterocycles. The van der Waals surface area contributed by atoms with E-state index in [2.05, 4.69) is 20.8 Å². The largest absolute Gasteiger partial charge is 0.368 e. The zero-order valence-electron chi connectivity index (χ0n) is 18.3. The Morgan fingerprint density at radius 2 is 2.16 bits per heavy atom. The van der Waals surface area contributed by atoms with Crippen molar-refractivity contribution in [3.05, 3.63) is 35.3 Å². The van der Waals surface area contributed by atoms with Gasteiger partial charge in [0.15, 0.2) is 5.82 Å². The highest BCUT2D eigenvalue weighted by molar-refractivity contribution is 6.09. The molecule has 1 atom stereocenters. The van der Waals surface area contributed by atoms with Gasteiger partial charge in [-0.3, -0.25) is 9.79 Å². The number of rotatable bonds is 3.